The zero-order valence-corrected chi connectivity index (χ0v) is 17.0. The molecular weight excluding hydrogens is 386 g/mol. The van der Waals surface area contributed by atoms with Crippen molar-refractivity contribution in [2.75, 3.05) is 12.4 Å². The van der Waals surface area contributed by atoms with E-state index in [1.165, 1.54) is 0 Å². The summed E-state index contributed by atoms with van der Waals surface area (Å²) in [6.45, 7) is 0. The van der Waals surface area contributed by atoms with Crippen molar-refractivity contribution in [3.05, 3.63) is 114 Å². The molecule has 1 N–H and O–H groups in total. The molecule has 1 aliphatic heterocycles. The molecular formula is C27H21NO3. The molecule has 1 amide bonds. The lowest BCUT2D eigenvalue weighted by molar-refractivity contribution is 0.102. The van der Waals surface area contributed by atoms with E-state index >= 15 is 0 Å². The number of rotatable bonds is 4. The maximum absolute atomic E-state index is 12.7. The van der Waals surface area contributed by atoms with Crippen LogP contribution >= 0.6 is 0 Å². The Hall–Kier alpha value is -4.05. The first kappa shape index (κ1) is 18.9. The summed E-state index contributed by atoms with van der Waals surface area (Å²) in [5.41, 5.74) is 5.31. The number of carbonyl (C=O) groups is 1. The van der Waals surface area contributed by atoms with Crippen molar-refractivity contribution >= 4 is 11.6 Å². The molecule has 1 aliphatic rings. The van der Waals surface area contributed by atoms with Gasteiger partial charge in [0, 0.05) is 16.8 Å². The van der Waals surface area contributed by atoms with Crippen molar-refractivity contribution in [1.82, 2.24) is 0 Å². The van der Waals surface area contributed by atoms with Gasteiger partial charge in [0.15, 0.2) is 0 Å². The van der Waals surface area contributed by atoms with Gasteiger partial charge in [0.1, 0.15) is 17.6 Å². The van der Waals surface area contributed by atoms with Crippen LogP contribution in [0.5, 0.6) is 11.5 Å². The van der Waals surface area contributed by atoms with Gasteiger partial charge in [0.2, 0.25) is 0 Å². The fraction of sp³-hybridized carbons (Fsp3) is 0.0741. The fourth-order valence-corrected chi connectivity index (χ4v) is 3.99. The third-order valence-corrected chi connectivity index (χ3v) is 5.45. The molecule has 5 rings (SSSR count). The maximum Gasteiger partial charge on any atom is 0.255 e. The second-order valence-electron chi connectivity index (χ2n) is 7.36. The van der Waals surface area contributed by atoms with Gasteiger partial charge in [-0.15, -0.1) is 0 Å². The zero-order valence-electron chi connectivity index (χ0n) is 17.0. The fourth-order valence-electron chi connectivity index (χ4n) is 3.99. The molecule has 0 aromatic heterocycles. The number of anilines is 1. The van der Waals surface area contributed by atoms with Crippen LogP contribution in [0.15, 0.2) is 97.1 Å². The van der Waals surface area contributed by atoms with Crippen molar-refractivity contribution in [1.29, 1.82) is 0 Å². The second kappa shape index (κ2) is 8.00. The molecule has 1 heterocycles. The van der Waals surface area contributed by atoms with Gasteiger partial charge in [-0.25, -0.2) is 0 Å². The van der Waals surface area contributed by atoms with E-state index in [1.807, 2.05) is 72.8 Å². The first-order valence-corrected chi connectivity index (χ1v) is 10.1. The summed E-state index contributed by atoms with van der Waals surface area (Å²) in [6, 6.07) is 31.0. The molecule has 0 spiro atoms. The summed E-state index contributed by atoms with van der Waals surface area (Å²) in [5.74, 6) is 1.39. The van der Waals surface area contributed by atoms with Gasteiger partial charge in [-0.1, -0.05) is 60.7 Å². The topological polar surface area (TPSA) is 47.6 Å². The molecule has 4 aromatic rings. The molecule has 4 aromatic carbocycles. The standard InChI is InChI=1S/C27H21NO3/c1-30-23-13-8-14-24-25(23)21-16-15-20(28-27(29)19-11-6-3-7-12-19)17-22(21)26(31-24)18-9-4-2-5-10-18/h2-17,26H,1H3,(H,28,29). The largest absolute Gasteiger partial charge is 0.496 e. The van der Waals surface area contributed by atoms with Crippen LogP contribution in [0.2, 0.25) is 0 Å². The predicted octanol–water partition coefficient (Wildman–Crippen LogP) is 6.10. The minimum absolute atomic E-state index is 0.147. The highest BCUT2D eigenvalue weighted by Crippen LogP contribution is 2.49. The number of amides is 1. The van der Waals surface area contributed by atoms with E-state index in [-0.39, 0.29) is 12.0 Å². The Labute approximate surface area is 181 Å². The lowest BCUT2D eigenvalue weighted by Gasteiger charge is -2.30. The number of hydrogen-bond acceptors (Lipinski definition) is 3. The first-order chi connectivity index (χ1) is 15.2. The molecule has 4 nitrogen and oxygen atoms in total. The number of methoxy groups -OCH3 is 1. The highest BCUT2D eigenvalue weighted by molar-refractivity contribution is 6.04. The summed E-state index contributed by atoms with van der Waals surface area (Å²) < 4.78 is 12.1. The van der Waals surface area contributed by atoms with Crippen molar-refractivity contribution in [2.45, 2.75) is 6.10 Å². The van der Waals surface area contributed by atoms with E-state index in [4.69, 9.17) is 9.47 Å². The quantitative estimate of drug-likeness (QED) is 0.445. The number of carbonyl (C=O) groups excluding carboxylic acids is 1. The Balaban J connectivity index is 1.60. The highest BCUT2D eigenvalue weighted by atomic mass is 16.5. The molecule has 0 bridgehead atoms. The Bertz CT molecular complexity index is 1240. The van der Waals surface area contributed by atoms with Crippen LogP contribution in [0.3, 0.4) is 0 Å². The van der Waals surface area contributed by atoms with Crippen LogP contribution in [-0.2, 0) is 0 Å². The first-order valence-electron chi connectivity index (χ1n) is 10.1. The number of benzene rings is 4. The third kappa shape index (κ3) is 3.53. The van der Waals surface area contributed by atoms with Crippen molar-refractivity contribution in [3.8, 4) is 22.6 Å². The van der Waals surface area contributed by atoms with E-state index in [0.717, 1.165) is 39.4 Å². The molecule has 152 valence electrons. The van der Waals surface area contributed by atoms with Crippen LogP contribution in [-0.4, -0.2) is 13.0 Å². The highest BCUT2D eigenvalue weighted by Gasteiger charge is 2.30. The van der Waals surface area contributed by atoms with Crippen molar-refractivity contribution in [3.63, 3.8) is 0 Å². The van der Waals surface area contributed by atoms with Gasteiger partial charge < -0.3 is 14.8 Å². The molecule has 0 aliphatic carbocycles. The second-order valence-corrected chi connectivity index (χ2v) is 7.36. The Morgan fingerprint density at radius 2 is 1.61 bits per heavy atom. The van der Waals surface area contributed by atoms with Gasteiger partial charge in [0.05, 0.1) is 12.7 Å². The average Bonchev–Trinajstić information content (AvgIpc) is 2.84. The number of fused-ring (bicyclic) bond motifs is 3. The van der Waals surface area contributed by atoms with E-state index in [9.17, 15) is 4.79 Å². The maximum atomic E-state index is 12.7. The summed E-state index contributed by atoms with van der Waals surface area (Å²) in [6.07, 6.45) is -0.288. The lowest BCUT2D eigenvalue weighted by atomic mass is 9.88. The van der Waals surface area contributed by atoms with E-state index in [1.54, 1.807) is 19.2 Å². The normalized spacial score (nSPS) is 14.0. The SMILES string of the molecule is COc1cccc2c1-c1ccc(NC(=O)c3ccccc3)cc1C(c1ccccc1)O2. The Kier molecular flexibility index (Phi) is 4.89. The molecule has 31 heavy (non-hydrogen) atoms. The third-order valence-electron chi connectivity index (χ3n) is 5.45. The Morgan fingerprint density at radius 3 is 2.35 bits per heavy atom. The number of hydrogen-bond donors (Lipinski definition) is 1. The van der Waals surface area contributed by atoms with Gasteiger partial charge in [0.25, 0.3) is 5.91 Å². The van der Waals surface area contributed by atoms with Crippen LogP contribution in [0.4, 0.5) is 5.69 Å². The molecule has 0 saturated carbocycles. The average molecular weight is 407 g/mol. The van der Waals surface area contributed by atoms with Crippen LogP contribution in [0.25, 0.3) is 11.1 Å². The minimum Gasteiger partial charge on any atom is -0.496 e. The van der Waals surface area contributed by atoms with Crippen molar-refractivity contribution < 1.29 is 14.3 Å². The van der Waals surface area contributed by atoms with Crippen molar-refractivity contribution in [2.24, 2.45) is 0 Å². The molecule has 0 fully saturated rings. The number of ether oxygens (including phenoxy) is 2. The van der Waals surface area contributed by atoms with Crippen LogP contribution in [0.1, 0.15) is 27.6 Å². The summed E-state index contributed by atoms with van der Waals surface area (Å²) in [7, 11) is 1.66. The van der Waals surface area contributed by atoms with E-state index in [0.29, 0.717) is 5.56 Å². The Morgan fingerprint density at radius 1 is 0.871 bits per heavy atom. The van der Waals surface area contributed by atoms with Gasteiger partial charge >= 0.3 is 0 Å². The van der Waals surface area contributed by atoms with Gasteiger partial charge in [-0.05, 0) is 47.5 Å². The summed E-state index contributed by atoms with van der Waals surface area (Å²) in [4.78, 5) is 12.7. The minimum atomic E-state index is -0.288. The predicted molar refractivity (Wildman–Crippen MR) is 122 cm³/mol. The lowest BCUT2D eigenvalue weighted by Crippen LogP contribution is -2.17. The zero-order chi connectivity index (χ0) is 21.2. The summed E-state index contributed by atoms with van der Waals surface area (Å²) >= 11 is 0. The molecule has 1 atom stereocenters. The van der Waals surface area contributed by atoms with Crippen LogP contribution < -0.4 is 14.8 Å². The monoisotopic (exact) mass is 407 g/mol. The van der Waals surface area contributed by atoms with Crippen LogP contribution in [0, 0.1) is 0 Å². The summed E-state index contributed by atoms with van der Waals surface area (Å²) in [5, 5.41) is 3.01. The molecule has 0 radical (unpaired) electrons. The molecule has 1 unspecified atom stereocenters. The molecule has 0 saturated heterocycles. The van der Waals surface area contributed by atoms with Gasteiger partial charge in [-0.2, -0.15) is 0 Å². The van der Waals surface area contributed by atoms with Gasteiger partial charge in [-0.3, -0.25) is 4.79 Å². The van der Waals surface area contributed by atoms with E-state index in [2.05, 4.69) is 17.4 Å². The molecule has 4 heteroatoms. The number of nitrogens with one attached hydrogen (secondary N) is 1. The smallest absolute Gasteiger partial charge is 0.255 e. The van der Waals surface area contributed by atoms with E-state index < -0.39 is 0 Å².